The van der Waals surface area contributed by atoms with E-state index < -0.39 is 5.41 Å². The third kappa shape index (κ3) is 6.01. The standard InChI is InChI=1S/C65H43N5/c1-42-31-35-49(36-32-42)69-58-28-13-9-24-52(58)53-40-47(34-38-59(53)69)45-21-16-22-46(39-45)48-33-37-51-50-23-8-10-25-54(50)65(57(51)41-48)55-26-11-14-29-60(55)70(61-30-15-12-27-56(61)65)64-67-62(43-17-4-2-5-18-43)66-63(68-64)44-19-6-3-7-20-44/h2-41H,1H3. The summed E-state index contributed by atoms with van der Waals surface area (Å²) >= 11 is 0. The average molecular weight is 894 g/mol. The van der Waals surface area contributed by atoms with Crippen molar-refractivity contribution in [3.63, 3.8) is 0 Å². The predicted molar refractivity (Wildman–Crippen MR) is 286 cm³/mol. The lowest BCUT2D eigenvalue weighted by Gasteiger charge is -2.44. The highest BCUT2D eigenvalue weighted by atomic mass is 15.3. The first-order valence-corrected chi connectivity index (χ1v) is 23.9. The maximum Gasteiger partial charge on any atom is 0.238 e. The van der Waals surface area contributed by atoms with Crippen LogP contribution in [0.3, 0.4) is 0 Å². The number of nitrogens with zero attached hydrogens (tertiary/aromatic N) is 5. The number of anilines is 3. The van der Waals surface area contributed by atoms with E-state index in [0.717, 1.165) is 22.5 Å². The minimum atomic E-state index is -0.641. The summed E-state index contributed by atoms with van der Waals surface area (Å²) in [6.07, 6.45) is 0. The van der Waals surface area contributed by atoms with Crippen LogP contribution in [0.1, 0.15) is 27.8 Å². The second-order valence-corrected chi connectivity index (χ2v) is 18.4. The van der Waals surface area contributed by atoms with E-state index in [4.69, 9.17) is 15.0 Å². The molecule has 0 unspecified atom stereocenters. The van der Waals surface area contributed by atoms with E-state index in [0.29, 0.717) is 17.6 Å². The van der Waals surface area contributed by atoms with Crippen molar-refractivity contribution in [2.45, 2.75) is 12.3 Å². The van der Waals surface area contributed by atoms with Crippen molar-refractivity contribution < 1.29 is 0 Å². The molecule has 2 aliphatic rings. The van der Waals surface area contributed by atoms with Crippen LogP contribution in [-0.2, 0) is 5.41 Å². The summed E-state index contributed by atoms with van der Waals surface area (Å²) in [4.78, 5) is 17.9. The van der Waals surface area contributed by atoms with E-state index in [9.17, 15) is 0 Å². The number of hydrogen-bond acceptors (Lipinski definition) is 4. The van der Waals surface area contributed by atoms with Gasteiger partial charge in [0.25, 0.3) is 0 Å². The van der Waals surface area contributed by atoms with Crippen LogP contribution in [-0.4, -0.2) is 19.5 Å². The normalized spacial score (nSPS) is 13.0. The third-order valence-corrected chi connectivity index (χ3v) is 14.5. The quantitative estimate of drug-likeness (QED) is 0.167. The molecular formula is C65H43N5. The summed E-state index contributed by atoms with van der Waals surface area (Å²) < 4.78 is 2.39. The number of aromatic nitrogens is 4. The molecule has 1 aliphatic heterocycles. The number of rotatable bonds is 6. The van der Waals surface area contributed by atoms with Gasteiger partial charge in [0, 0.05) is 27.6 Å². The molecule has 1 aliphatic carbocycles. The van der Waals surface area contributed by atoms with Gasteiger partial charge in [-0.1, -0.05) is 194 Å². The zero-order valence-corrected chi connectivity index (χ0v) is 38.3. The first kappa shape index (κ1) is 39.9. The molecule has 0 radical (unpaired) electrons. The minimum absolute atomic E-state index is 0.567. The molecule has 0 saturated heterocycles. The summed E-state index contributed by atoms with van der Waals surface area (Å²) in [5.74, 6) is 1.81. The largest absolute Gasteiger partial charge is 0.309 e. The fourth-order valence-electron chi connectivity index (χ4n) is 11.4. The van der Waals surface area contributed by atoms with Crippen molar-refractivity contribution in [3.05, 3.63) is 270 Å². The van der Waals surface area contributed by atoms with Gasteiger partial charge in [-0.05, 0) is 117 Å². The Morgan fingerprint density at radius 2 is 0.857 bits per heavy atom. The van der Waals surface area contributed by atoms with Crippen LogP contribution in [0.2, 0.25) is 0 Å². The van der Waals surface area contributed by atoms with E-state index in [1.54, 1.807) is 0 Å². The highest BCUT2D eigenvalue weighted by molar-refractivity contribution is 6.10. The molecule has 1 spiro atoms. The lowest BCUT2D eigenvalue weighted by atomic mass is 9.64. The fourth-order valence-corrected chi connectivity index (χ4v) is 11.4. The SMILES string of the molecule is Cc1ccc(-n2c3ccccc3c3cc(-c4cccc(-c5ccc6c(c5)C5(c7ccccc7-6)c6ccccc6N(c6nc(-c7ccccc7)nc(-c7ccccc7)n6)c6ccccc65)c4)ccc32)cc1. The summed E-state index contributed by atoms with van der Waals surface area (Å²) in [5, 5.41) is 2.49. The molecule has 14 rings (SSSR count). The van der Waals surface area contributed by atoms with Crippen molar-refractivity contribution in [2.24, 2.45) is 0 Å². The van der Waals surface area contributed by atoms with Gasteiger partial charge in [0.05, 0.1) is 27.8 Å². The average Bonchev–Trinajstić information content (AvgIpc) is 3.91. The van der Waals surface area contributed by atoms with Crippen molar-refractivity contribution in [1.82, 2.24) is 19.5 Å². The maximum atomic E-state index is 5.29. The van der Waals surface area contributed by atoms with Crippen LogP contribution >= 0.6 is 0 Å². The second-order valence-electron chi connectivity index (χ2n) is 18.4. The first-order valence-electron chi connectivity index (χ1n) is 23.9. The molecule has 70 heavy (non-hydrogen) atoms. The van der Waals surface area contributed by atoms with Gasteiger partial charge < -0.3 is 4.57 Å². The van der Waals surface area contributed by atoms with E-state index >= 15 is 0 Å². The van der Waals surface area contributed by atoms with Crippen molar-refractivity contribution in [2.75, 3.05) is 4.90 Å². The molecule has 0 N–H and O–H groups in total. The molecule has 328 valence electrons. The Balaban J connectivity index is 0.935. The second kappa shape index (κ2) is 15.7. The fraction of sp³-hybridized carbons (Fsp3) is 0.0308. The maximum absolute atomic E-state index is 5.29. The summed E-state index contributed by atoms with van der Waals surface area (Å²) in [6.45, 7) is 2.14. The Morgan fingerprint density at radius 1 is 0.343 bits per heavy atom. The van der Waals surface area contributed by atoms with Crippen LogP contribution in [0, 0.1) is 6.92 Å². The molecule has 5 nitrogen and oxygen atoms in total. The van der Waals surface area contributed by atoms with Gasteiger partial charge in [0.15, 0.2) is 11.6 Å². The highest BCUT2D eigenvalue weighted by Crippen LogP contribution is 2.63. The molecule has 3 heterocycles. The highest BCUT2D eigenvalue weighted by Gasteiger charge is 2.52. The molecule has 0 saturated carbocycles. The lowest BCUT2D eigenvalue weighted by molar-refractivity contribution is 0.749. The topological polar surface area (TPSA) is 46.8 Å². The van der Waals surface area contributed by atoms with Crippen LogP contribution in [0.5, 0.6) is 0 Å². The van der Waals surface area contributed by atoms with E-state index in [1.807, 2.05) is 36.4 Å². The zero-order chi connectivity index (χ0) is 46.3. The number of benzene rings is 10. The Hall–Kier alpha value is -9.19. The van der Waals surface area contributed by atoms with Gasteiger partial charge in [-0.3, -0.25) is 4.90 Å². The number of para-hydroxylation sites is 3. The molecule has 5 heteroatoms. The number of fused-ring (bicyclic) bond motifs is 12. The van der Waals surface area contributed by atoms with E-state index in [2.05, 4.69) is 223 Å². The lowest BCUT2D eigenvalue weighted by Crippen LogP contribution is -2.36. The number of aryl methyl sites for hydroxylation is 1. The summed E-state index contributed by atoms with van der Waals surface area (Å²) in [5.41, 5.74) is 20.1. The monoisotopic (exact) mass is 893 g/mol. The zero-order valence-electron chi connectivity index (χ0n) is 38.3. The third-order valence-electron chi connectivity index (χ3n) is 14.5. The van der Waals surface area contributed by atoms with Gasteiger partial charge in [0.2, 0.25) is 5.95 Å². The first-order chi connectivity index (χ1) is 34.6. The summed E-state index contributed by atoms with van der Waals surface area (Å²) in [6, 6.07) is 87.7. The van der Waals surface area contributed by atoms with Crippen LogP contribution in [0.4, 0.5) is 17.3 Å². The van der Waals surface area contributed by atoms with Crippen molar-refractivity contribution in [3.8, 4) is 61.8 Å². The van der Waals surface area contributed by atoms with E-state index in [-0.39, 0.29) is 0 Å². The Labute approximate surface area is 406 Å². The molecule has 10 aromatic carbocycles. The predicted octanol–water partition coefficient (Wildman–Crippen LogP) is 16.1. The molecule has 2 aromatic heterocycles. The van der Waals surface area contributed by atoms with Gasteiger partial charge in [0.1, 0.15) is 0 Å². The van der Waals surface area contributed by atoms with Crippen LogP contribution < -0.4 is 4.90 Å². The summed E-state index contributed by atoms with van der Waals surface area (Å²) in [7, 11) is 0. The molecule has 0 bridgehead atoms. The smallest absolute Gasteiger partial charge is 0.238 e. The van der Waals surface area contributed by atoms with Gasteiger partial charge in [-0.25, -0.2) is 4.98 Å². The Bertz CT molecular complexity index is 3920. The van der Waals surface area contributed by atoms with Gasteiger partial charge in [-0.2, -0.15) is 9.97 Å². The Kier molecular flexibility index (Phi) is 8.95. The van der Waals surface area contributed by atoms with Crippen molar-refractivity contribution in [1.29, 1.82) is 0 Å². The Morgan fingerprint density at radius 3 is 1.54 bits per heavy atom. The molecule has 0 fully saturated rings. The minimum Gasteiger partial charge on any atom is -0.309 e. The molecule has 12 aromatic rings. The van der Waals surface area contributed by atoms with E-state index in [1.165, 1.54) is 88.7 Å². The van der Waals surface area contributed by atoms with Gasteiger partial charge in [-0.15, -0.1) is 0 Å². The van der Waals surface area contributed by atoms with Gasteiger partial charge >= 0.3 is 0 Å². The number of hydrogen-bond donors (Lipinski definition) is 0. The van der Waals surface area contributed by atoms with Crippen LogP contribution in [0.25, 0.3) is 83.6 Å². The molecule has 0 amide bonds. The molecular weight excluding hydrogens is 851 g/mol. The van der Waals surface area contributed by atoms with Crippen LogP contribution in [0.15, 0.2) is 243 Å². The molecule has 0 atom stereocenters. The van der Waals surface area contributed by atoms with Crippen molar-refractivity contribution >= 4 is 39.1 Å².